The Labute approximate surface area is 125 Å². The molecule has 0 N–H and O–H groups in total. The predicted octanol–water partition coefficient (Wildman–Crippen LogP) is 3.01. The maximum atomic E-state index is 12.5. The number of nitrogens with zero attached hydrogens (tertiary/aromatic N) is 2. The molecule has 21 heavy (non-hydrogen) atoms. The zero-order valence-electron chi connectivity index (χ0n) is 12.1. The maximum absolute atomic E-state index is 12.5. The molecule has 0 aromatic heterocycles. The lowest BCUT2D eigenvalue weighted by Crippen LogP contribution is -2.33. The van der Waals surface area contributed by atoms with Gasteiger partial charge in [-0.1, -0.05) is 19.3 Å². The molecule has 4 nitrogen and oxygen atoms in total. The molecule has 1 aliphatic heterocycles. The van der Waals surface area contributed by atoms with Crippen LogP contribution in [0.25, 0.3) is 0 Å². The number of anilines is 1. The number of nitriles is 1. The van der Waals surface area contributed by atoms with Crippen LogP contribution in [0.5, 0.6) is 0 Å². The molecule has 110 valence electrons. The maximum Gasteiger partial charge on any atom is 0.256 e. The van der Waals surface area contributed by atoms with Crippen LogP contribution in [0.2, 0.25) is 0 Å². The largest absolute Gasteiger partial charge is 0.365 e. The summed E-state index contributed by atoms with van der Waals surface area (Å²) in [5, 5.41) is 8.82. The first-order valence-corrected chi connectivity index (χ1v) is 7.75. The minimum Gasteiger partial charge on any atom is -0.365 e. The Morgan fingerprint density at radius 1 is 1.10 bits per heavy atom. The molecular weight excluding hydrogens is 264 g/mol. The standard InChI is InChI=1S/C17H20N2O2/c18-12-13-6-8-14(9-7-13)19-11-10-16(17(19)20)21-15-4-2-1-3-5-15/h6-9,15-16H,1-5,10-11H2. The quantitative estimate of drug-likeness (QED) is 0.857. The van der Waals surface area contributed by atoms with Crippen LogP contribution >= 0.6 is 0 Å². The first-order valence-electron chi connectivity index (χ1n) is 7.75. The van der Waals surface area contributed by atoms with Crippen LogP contribution in [-0.4, -0.2) is 24.7 Å². The second-order valence-electron chi connectivity index (χ2n) is 5.82. The third-order valence-corrected chi connectivity index (χ3v) is 4.37. The summed E-state index contributed by atoms with van der Waals surface area (Å²) in [4.78, 5) is 14.2. The van der Waals surface area contributed by atoms with Crippen molar-refractivity contribution in [3.8, 4) is 6.07 Å². The molecule has 4 heteroatoms. The zero-order valence-corrected chi connectivity index (χ0v) is 12.1. The van der Waals surface area contributed by atoms with Crippen molar-refractivity contribution < 1.29 is 9.53 Å². The van der Waals surface area contributed by atoms with Gasteiger partial charge in [0.05, 0.1) is 17.7 Å². The molecule has 0 radical (unpaired) electrons. The summed E-state index contributed by atoms with van der Waals surface area (Å²) in [6.07, 6.45) is 6.61. The highest BCUT2D eigenvalue weighted by atomic mass is 16.5. The summed E-state index contributed by atoms with van der Waals surface area (Å²) >= 11 is 0. The molecular formula is C17H20N2O2. The average molecular weight is 284 g/mol. The van der Waals surface area contributed by atoms with Gasteiger partial charge in [0.2, 0.25) is 0 Å². The molecule has 1 amide bonds. The number of carbonyl (C=O) groups excluding carboxylic acids is 1. The summed E-state index contributed by atoms with van der Waals surface area (Å²) < 4.78 is 6.02. The van der Waals surface area contributed by atoms with Gasteiger partial charge in [-0.15, -0.1) is 0 Å². The van der Waals surface area contributed by atoms with Crippen LogP contribution in [0, 0.1) is 11.3 Å². The fourth-order valence-electron chi connectivity index (χ4n) is 3.19. The van der Waals surface area contributed by atoms with E-state index >= 15 is 0 Å². The van der Waals surface area contributed by atoms with Gasteiger partial charge in [0, 0.05) is 18.7 Å². The van der Waals surface area contributed by atoms with E-state index < -0.39 is 0 Å². The second-order valence-corrected chi connectivity index (χ2v) is 5.82. The van der Waals surface area contributed by atoms with Gasteiger partial charge in [-0.25, -0.2) is 0 Å². The summed E-state index contributed by atoms with van der Waals surface area (Å²) in [5.74, 6) is 0.0604. The van der Waals surface area contributed by atoms with E-state index in [1.165, 1.54) is 19.3 Å². The fourth-order valence-corrected chi connectivity index (χ4v) is 3.19. The van der Waals surface area contributed by atoms with Gasteiger partial charge >= 0.3 is 0 Å². The first kappa shape index (κ1) is 14.1. The molecule has 1 aliphatic carbocycles. The van der Waals surface area contributed by atoms with E-state index in [0.29, 0.717) is 12.1 Å². The summed E-state index contributed by atoms with van der Waals surface area (Å²) in [6.45, 7) is 0.697. The van der Waals surface area contributed by atoms with Crippen LogP contribution in [0.3, 0.4) is 0 Å². The Morgan fingerprint density at radius 2 is 1.81 bits per heavy atom. The third-order valence-electron chi connectivity index (χ3n) is 4.37. The second kappa shape index (κ2) is 6.28. The average Bonchev–Trinajstić information content (AvgIpc) is 2.89. The Hall–Kier alpha value is -1.86. The molecule has 1 atom stereocenters. The van der Waals surface area contributed by atoms with Crippen molar-refractivity contribution in [1.29, 1.82) is 5.26 Å². The predicted molar refractivity (Wildman–Crippen MR) is 79.9 cm³/mol. The fraction of sp³-hybridized carbons (Fsp3) is 0.529. The molecule has 1 heterocycles. The number of benzene rings is 1. The minimum atomic E-state index is -0.288. The van der Waals surface area contributed by atoms with E-state index in [0.717, 1.165) is 24.9 Å². The van der Waals surface area contributed by atoms with Crippen molar-refractivity contribution >= 4 is 11.6 Å². The van der Waals surface area contributed by atoms with Crippen molar-refractivity contribution in [2.24, 2.45) is 0 Å². The number of hydrogen-bond acceptors (Lipinski definition) is 3. The molecule has 0 bridgehead atoms. The van der Waals surface area contributed by atoms with Crippen molar-refractivity contribution in [3.63, 3.8) is 0 Å². The molecule has 1 aromatic rings. The SMILES string of the molecule is N#Cc1ccc(N2CCC(OC3CCCCC3)C2=O)cc1. The molecule has 1 unspecified atom stereocenters. The van der Waals surface area contributed by atoms with Crippen molar-refractivity contribution in [2.45, 2.75) is 50.7 Å². The number of ether oxygens (including phenoxy) is 1. The topological polar surface area (TPSA) is 53.3 Å². The Morgan fingerprint density at radius 3 is 2.48 bits per heavy atom. The number of rotatable bonds is 3. The normalized spacial score (nSPS) is 23.3. The van der Waals surface area contributed by atoms with Gasteiger partial charge in [-0.05, 0) is 37.1 Å². The smallest absolute Gasteiger partial charge is 0.256 e. The van der Waals surface area contributed by atoms with E-state index in [4.69, 9.17) is 10.00 Å². The van der Waals surface area contributed by atoms with Gasteiger partial charge in [0.15, 0.2) is 0 Å². The van der Waals surface area contributed by atoms with E-state index in [2.05, 4.69) is 6.07 Å². The van der Waals surface area contributed by atoms with Gasteiger partial charge < -0.3 is 9.64 Å². The summed E-state index contributed by atoms with van der Waals surface area (Å²) in [7, 11) is 0. The number of carbonyl (C=O) groups is 1. The molecule has 1 saturated carbocycles. The molecule has 3 rings (SSSR count). The lowest BCUT2D eigenvalue weighted by Gasteiger charge is -2.25. The Balaban J connectivity index is 1.63. The molecule has 1 aromatic carbocycles. The molecule has 1 saturated heterocycles. The van der Waals surface area contributed by atoms with Crippen molar-refractivity contribution in [1.82, 2.24) is 0 Å². The van der Waals surface area contributed by atoms with Gasteiger partial charge in [0.25, 0.3) is 5.91 Å². The van der Waals surface area contributed by atoms with E-state index in [1.54, 1.807) is 17.0 Å². The van der Waals surface area contributed by atoms with E-state index in [9.17, 15) is 4.79 Å². The molecule has 2 fully saturated rings. The Kier molecular flexibility index (Phi) is 4.21. The minimum absolute atomic E-state index is 0.0604. The monoisotopic (exact) mass is 284 g/mol. The van der Waals surface area contributed by atoms with Crippen LogP contribution in [0.4, 0.5) is 5.69 Å². The van der Waals surface area contributed by atoms with Crippen LogP contribution in [-0.2, 0) is 9.53 Å². The van der Waals surface area contributed by atoms with Crippen LogP contribution < -0.4 is 4.90 Å². The Bertz CT molecular complexity index is 541. The highest BCUT2D eigenvalue weighted by Crippen LogP contribution is 2.27. The highest BCUT2D eigenvalue weighted by molar-refractivity contribution is 5.98. The lowest BCUT2D eigenvalue weighted by molar-refractivity contribution is -0.131. The van der Waals surface area contributed by atoms with Gasteiger partial charge in [-0.2, -0.15) is 5.26 Å². The van der Waals surface area contributed by atoms with Gasteiger partial charge in [0.1, 0.15) is 6.10 Å². The van der Waals surface area contributed by atoms with Crippen LogP contribution in [0.15, 0.2) is 24.3 Å². The first-order chi connectivity index (χ1) is 10.3. The van der Waals surface area contributed by atoms with Gasteiger partial charge in [-0.3, -0.25) is 4.79 Å². The zero-order chi connectivity index (χ0) is 14.7. The summed E-state index contributed by atoms with van der Waals surface area (Å²) in [6, 6.07) is 9.25. The third kappa shape index (κ3) is 3.08. The number of hydrogen-bond donors (Lipinski definition) is 0. The molecule has 2 aliphatic rings. The van der Waals surface area contributed by atoms with Crippen molar-refractivity contribution in [2.75, 3.05) is 11.4 Å². The van der Waals surface area contributed by atoms with E-state index in [1.807, 2.05) is 12.1 Å². The van der Waals surface area contributed by atoms with E-state index in [-0.39, 0.29) is 18.1 Å². The lowest BCUT2D eigenvalue weighted by atomic mass is 9.97. The highest BCUT2D eigenvalue weighted by Gasteiger charge is 2.35. The van der Waals surface area contributed by atoms with Crippen LogP contribution in [0.1, 0.15) is 44.1 Å². The molecule has 0 spiro atoms. The summed E-state index contributed by atoms with van der Waals surface area (Å²) in [5.41, 5.74) is 1.47. The van der Waals surface area contributed by atoms with Crippen molar-refractivity contribution in [3.05, 3.63) is 29.8 Å². The number of amides is 1.